The van der Waals surface area contributed by atoms with Gasteiger partial charge < -0.3 is 18.9 Å². The number of rotatable bonds is 25. The van der Waals surface area contributed by atoms with E-state index in [0.29, 0.717) is 48.8 Å². The summed E-state index contributed by atoms with van der Waals surface area (Å²) in [5.41, 5.74) is 2.20. The second kappa shape index (κ2) is 24.4. The van der Waals surface area contributed by atoms with Crippen LogP contribution in [-0.2, 0) is 14.2 Å². The maximum absolute atomic E-state index is 12.7. The van der Waals surface area contributed by atoms with Crippen LogP contribution in [0.3, 0.4) is 0 Å². The molecule has 0 bridgehead atoms. The molecule has 2 aromatic carbocycles. The van der Waals surface area contributed by atoms with Gasteiger partial charge in [0, 0.05) is 13.0 Å². The van der Waals surface area contributed by atoms with Crippen molar-refractivity contribution < 1.29 is 28.5 Å². The Morgan fingerprint density at radius 1 is 0.667 bits per heavy atom. The van der Waals surface area contributed by atoms with Crippen LogP contribution < -0.4 is 4.74 Å². The van der Waals surface area contributed by atoms with E-state index >= 15 is 0 Å². The SMILES string of the molecule is CCCCCCCCCCCCCCCCOc1ccc(C(=O)OC2C=CC(N=Nc3ccc(C(=O)OCCOCC)cc3)=CC2)cc1. The van der Waals surface area contributed by atoms with Crippen molar-refractivity contribution in [1.29, 1.82) is 0 Å². The van der Waals surface area contributed by atoms with Gasteiger partial charge in [0.05, 0.1) is 35.7 Å². The maximum Gasteiger partial charge on any atom is 0.338 e. The van der Waals surface area contributed by atoms with Gasteiger partial charge in [-0.05, 0) is 74.0 Å². The highest BCUT2D eigenvalue weighted by Gasteiger charge is 2.16. The third-order valence-electron chi connectivity index (χ3n) is 8.20. The van der Waals surface area contributed by atoms with Gasteiger partial charge in [-0.2, -0.15) is 10.2 Å². The molecule has 0 amide bonds. The molecule has 0 fully saturated rings. The normalized spacial score (nSPS) is 14.2. The van der Waals surface area contributed by atoms with Crippen molar-refractivity contribution in [3.05, 3.63) is 83.6 Å². The Morgan fingerprint density at radius 3 is 1.83 bits per heavy atom. The number of benzene rings is 2. The molecule has 0 heterocycles. The third-order valence-corrected chi connectivity index (χ3v) is 8.20. The van der Waals surface area contributed by atoms with Crippen LogP contribution >= 0.6 is 0 Å². The highest BCUT2D eigenvalue weighted by atomic mass is 16.6. The molecular weight excluding hydrogens is 604 g/mol. The molecule has 0 radical (unpaired) electrons. The highest BCUT2D eigenvalue weighted by molar-refractivity contribution is 5.90. The van der Waals surface area contributed by atoms with Crippen molar-refractivity contribution in [2.24, 2.45) is 10.2 Å². The van der Waals surface area contributed by atoms with E-state index in [-0.39, 0.29) is 18.7 Å². The van der Waals surface area contributed by atoms with E-state index in [1.807, 2.05) is 31.2 Å². The Balaban J connectivity index is 1.24. The van der Waals surface area contributed by atoms with Gasteiger partial charge in [0.1, 0.15) is 18.5 Å². The molecule has 1 aliphatic rings. The fourth-order valence-electron chi connectivity index (χ4n) is 5.33. The number of nitrogens with zero attached hydrogens (tertiary/aromatic N) is 2. The summed E-state index contributed by atoms with van der Waals surface area (Å²) in [6, 6.07) is 13.9. The average Bonchev–Trinajstić information content (AvgIpc) is 3.12. The van der Waals surface area contributed by atoms with E-state index in [2.05, 4.69) is 17.2 Å². The lowest BCUT2D eigenvalue weighted by Crippen LogP contribution is -2.17. The monoisotopic (exact) mass is 660 g/mol. The number of hydrogen-bond donors (Lipinski definition) is 0. The first-order valence-electron chi connectivity index (χ1n) is 18.2. The molecule has 1 atom stereocenters. The van der Waals surface area contributed by atoms with Crippen LogP contribution in [0.1, 0.15) is 131 Å². The number of unbranched alkanes of at least 4 members (excludes halogenated alkanes) is 13. The van der Waals surface area contributed by atoms with Crippen LogP contribution in [0.4, 0.5) is 5.69 Å². The van der Waals surface area contributed by atoms with Gasteiger partial charge in [0.25, 0.3) is 0 Å². The Hall–Kier alpha value is -3.78. The average molecular weight is 661 g/mol. The van der Waals surface area contributed by atoms with Crippen LogP contribution in [0.25, 0.3) is 0 Å². The van der Waals surface area contributed by atoms with Crippen LogP contribution in [0.2, 0.25) is 0 Å². The smallest absolute Gasteiger partial charge is 0.338 e. The van der Waals surface area contributed by atoms with Gasteiger partial charge in [0.2, 0.25) is 0 Å². The van der Waals surface area contributed by atoms with Crippen LogP contribution in [0.5, 0.6) is 5.75 Å². The van der Waals surface area contributed by atoms with Crippen molar-refractivity contribution in [3.8, 4) is 5.75 Å². The van der Waals surface area contributed by atoms with Crippen LogP contribution in [0.15, 0.2) is 82.7 Å². The Morgan fingerprint density at radius 2 is 1.25 bits per heavy atom. The minimum absolute atomic E-state index is 0.214. The molecule has 0 aromatic heterocycles. The highest BCUT2D eigenvalue weighted by Crippen LogP contribution is 2.21. The number of esters is 2. The summed E-state index contributed by atoms with van der Waals surface area (Å²) in [6.07, 6.45) is 24.3. The summed E-state index contributed by atoms with van der Waals surface area (Å²) in [4.78, 5) is 24.8. The molecule has 8 heteroatoms. The van der Waals surface area contributed by atoms with Crippen molar-refractivity contribution in [2.45, 2.75) is 116 Å². The van der Waals surface area contributed by atoms with Gasteiger partial charge >= 0.3 is 11.9 Å². The number of ether oxygens (including phenoxy) is 4. The fraction of sp³-hybridized carbons (Fsp3) is 0.550. The number of allylic oxidation sites excluding steroid dienone is 1. The van der Waals surface area contributed by atoms with Crippen molar-refractivity contribution in [1.82, 2.24) is 0 Å². The van der Waals surface area contributed by atoms with Gasteiger partial charge in [0.15, 0.2) is 0 Å². The first-order chi connectivity index (χ1) is 23.6. The molecule has 0 spiro atoms. The largest absolute Gasteiger partial charge is 0.494 e. The summed E-state index contributed by atoms with van der Waals surface area (Å²) < 4.78 is 21.9. The predicted molar refractivity (Wildman–Crippen MR) is 191 cm³/mol. The second-order valence-corrected chi connectivity index (χ2v) is 12.2. The number of carbonyl (C=O) groups excluding carboxylic acids is 2. The molecule has 3 rings (SSSR count). The molecule has 262 valence electrons. The first-order valence-corrected chi connectivity index (χ1v) is 18.2. The molecule has 48 heavy (non-hydrogen) atoms. The van der Waals surface area contributed by atoms with Gasteiger partial charge in [-0.25, -0.2) is 9.59 Å². The molecule has 0 N–H and O–H groups in total. The number of azo groups is 1. The van der Waals surface area contributed by atoms with Crippen molar-refractivity contribution >= 4 is 17.6 Å². The summed E-state index contributed by atoms with van der Waals surface area (Å²) >= 11 is 0. The molecule has 2 aromatic rings. The first kappa shape index (κ1) is 38.7. The van der Waals surface area contributed by atoms with Gasteiger partial charge in [-0.15, -0.1) is 0 Å². The Labute approximate surface area is 288 Å². The number of carbonyl (C=O) groups is 2. The summed E-state index contributed by atoms with van der Waals surface area (Å²) in [5, 5.41) is 8.50. The quantitative estimate of drug-likeness (QED) is 0.0597. The van der Waals surface area contributed by atoms with E-state index in [9.17, 15) is 9.59 Å². The molecule has 0 saturated heterocycles. The minimum atomic E-state index is -0.406. The zero-order valence-corrected chi connectivity index (χ0v) is 29.2. The van der Waals surface area contributed by atoms with Gasteiger partial charge in [-0.1, -0.05) is 96.5 Å². The second-order valence-electron chi connectivity index (χ2n) is 12.2. The maximum atomic E-state index is 12.7. The lowest BCUT2D eigenvalue weighted by Gasteiger charge is -2.15. The summed E-state index contributed by atoms with van der Waals surface area (Å²) in [5.74, 6) is -0.0154. The van der Waals surface area contributed by atoms with E-state index < -0.39 is 5.97 Å². The minimum Gasteiger partial charge on any atom is -0.494 e. The van der Waals surface area contributed by atoms with E-state index in [4.69, 9.17) is 18.9 Å². The zero-order chi connectivity index (χ0) is 34.1. The van der Waals surface area contributed by atoms with E-state index in [0.717, 1.165) is 12.2 Å². The summed E-state index contributed by atoms with van der Waals surface area (Å²) in [7, 11) is 0. The van der Waals surface area contributed by atoms with Crippen LogP contribution in [0, 0.1) is 0 Å². The molecule has 8 nitrogen and oxygen atoms in total. The standard InChI is InChI=1S/C40H56N2O6/c1-3-5-6-7-8-9-10-11-12-13-14-15-16-17-30-46-37-26-20-34(21-27-37)40(44)48-38-28-24-36(25-29-38)42-41-35-22-18-33(19-23-35)39(43)47-32-31-45-4-2/h18-28,38H,3-17,29-32H2,1-2H3. The van der Waals surface area contributed by atoms with Crippen LogP contribution in [-0.4, -0.2) is 44.5 Å². The van der Waals surface area contributed by atoms with Crippen molar-refractivity contribution in [2.75, 3.05) is 26.4 Å². The molecular formula is C40H56N2O6. The van der Waals surface area contributed by atoms with Crippen molar-refractivity contribution in [3.63, 3.8) is 0 Å². The zero-order valence-electron chi connectivity index (χ0n) is 29.2. The number of hydrogen-bond acceptors (Lipinski definition) is 8. The Bertz CT molecular complexity index is 1270. The molecule has 1 unspecified atom stereocenters. The summed E-state index contributed by atoms with van der Waals surface area (Å²) in [6.45, 7) is 6.02. The third kappa shape index (κ3) is 16.4. The van der Waals surface area contributed by atoms with E-state index in [1.165, 1.54) is 83.5 Å². The predicted octanol–water partition coefficient (Wildman–Crippen LogP) is 10.9. The fourth-order valence-corrected chi connectivity index (χ4v) is 5.33. The topological polar surface area (TPSA) is 95.8 Å². The lowest BCUT2D eigenvalue weighted by molar-refractivity contribution is 0.0334. The molecule has 0 aliphatic heterocycles. The van der Waals surface area contributed by atoms with E-state index in [1.54, 1.807) is 42.5 Å². The van der Waals surface area contributed by atoms with Gasteiger partial charge in [-0.3, -0.25) is 0 Å². The lowest BCUT2D eigenvalue weighted by atomic mass is 10.0. The Kier molecular flexibility index (Phi) is 19.6. The molecule has 0 saturated carbocycles. The molecule has 1 aliphatic carbocycles.